The zero-order valence-corrected chi connectivity index (χ0v) is 64.9. The Hall–Kier alpha value is -12.6. The molecule has 18 rings (SSSR count). The lowest BCUT2D eigenvalue weighted by Gasteiger charge is -2.22. The van der Waals surface area contributed by atoms with E-state index in [9.17, 15) is 85.6 Å². The molecular weight excluding hydrogens is 1530 g/mol. The van der Waals surface area contributed by atoms with Gasteiger partial charge in [0.2, 0.25) is 28.7 Å². The van der Waals surface area contributed by atoms with Gasteiger partial charge in [-0.2, -0.15) is 0 Å². The van der Waals surface area contributed by atoms with Crippen LogP contribution in [-0.4, -0.2) is 66.4 Å². The van der Waals surface area contributed by atoms with Crippen molar-refractivity contribution in [1.29, 1.82) is 0 Å². The molecule has 0 radical (unpaired) electrons. The molecule has 23 nitrogen and oxygen atoms in total. The van der Waals surface area contributed by atoms with Crippen molar-refractivity contribution in [3.05, 3.63) is 245 Å². The van der Waals surface area contributed by atoms with E-state index in [2.05, 4.69) is 0 Å². The fourth-order valence-corrected chi connectivity index (χ4v) is 20.1. The second-order valence-electron chi connectivity index (χ2n) is 28.3. The Labute approximate surface area is 657 Å². The molecule has 0 spiro atoms. The molecule has 0 unspecified atom stereocenters. The minimum atomic E-state index is -0.622. The average Bonchev–Trinajstić information content (AvgIpc) is 0.752. The van der Waals surface area contributed by atoms with Crippen molar-refractivity contribution in [3.63, 3.8) is 0 Å². The molecule has 113 heavy (non-hydrogen) atoms. The molecule has 27 heteroatoms. The van der Waals surface area contributed by atoms with E-state index >= 15 is 0 Å². The van der Waals surface area contributed by atoms with Gasteiger partial charge in [-0.05, 0) is 222 Å². The number of ether oxygens (including phenoxy) is 2. The molecule has 0 saturated carbocycles. The van der Waals surface area contributed by atoms with Crippen LogP contribution in [0.5, 0.6) is 97.7 Å². The zero-order chi connectivity index (χ0) is 80.7. The molecule has 4 aliphatic heterocycles. The molecule has 14 aromatic rings. The van der Waals surface area contributed by atoms with Gasteiger partial charge in [-0.1, -0.05) is 47.0 Å². The smallest absolute Gasteiger partial charge is 0.341 e. The Morgan fingerprint density at radius 3 is 0.965 bits per heavy atom. The van der Waals surface area contributed by atoms with Gasteiger partial charge < -0.3 is 93.5 Å². The van der Waals surface area contributed by atoms with Crippen LogP contribution < -0.4 is 32.0 Å². The van der Waals surface area contributed by atoms with Gasteiger partial charge in [0.1, 0.15) is 34.3 Å². The van der Waals surface area contributed by atoms with Crippen molar-refractivity contribution >= 4 is 90.9 Å². The Bertz CT molecular complexity index is 6770. The van der Waals surface area contributed by atoms with E-state index in [0.29, 0.717) is 110 Å². The molecule has 0 fully saturated rings. The summed E-state index contributed by atoms with van der Waals surface area (Å²) >= 11 is 5.53. The van der Waals surface area contributed by atoms with Gasteiger partial charge in [-0.15, -0.1) is 0 Å². The third kappa shape index (κ3) is 13.6. The van der Waals surface area contributed by atoms with Gasteiger partial charge >= 0.3 is 22.5 Å². The standard InChI is InChI=1S/2C25H20O7S.C18H14O5S.C18H14O4S/c1-10-5-16(27)22(17(28)6-10)31-18-8-12(3)20-23(21(18)29)32-25(30)14-9-13-15(26)4-11(2)7-19(13)33-24(14)20;1-10-5-16(27)21(28)17(6-10)31-18-8-12(3)20-23(22(18)29)32-25(30)14-9-13-15(26)4-11(2)7-19(13)33-24(14)20;1-7-3-11(19)9-6-10-17(24-13(9)4-7)14-8(2)5-12(20)15(21)16(14)23-18(10)22;1-8-3-13(20)11-7-12-17(23-15(11)4-8)16-9(2)5-10(19)6-14(16)22-18(12)21/h2*4-8,26-29H,9H2,1-3H3;3-5,19-21H,6H2,1-2H3;3-6,19-20H,7H2,1-2H3. The second-order valence-corrected chi connectivity index (χ2v) is 32.5. The number of hydrogen-bond acceptors (Lipinski definition) is 27. The maximum absolute atomic E-state index is 12.9. The number of aromatic hydroxyl groups is 13. The van der Waals surface area contributed by atoms with E-state index in [1.54, 1.807) is 77.1 Å². The lowest BCUT2D eigenvalue weighted by atomic mass is 10.00. The highest BCUT2D eigenvalue weighted by Crippen LogP contribution is 2.55. The van der Waals surface area contributed by atoms with Crippen LogP contribution in [0.2, 0.25) is 0 Å². The maximum atomic E-state index is 12.9. The van der Waals surface area contributed by atoms with E-state index < -0.39 is 45.5 Å². The van der Waals surface area contributed by atoms with Crippen LogP contribution in [0, 0.1) is 69.2 Å². The van der Waals surface area contributed by atoms with Crippen molar-refractivity contribution in [2.24, 2.45) is 0 Å². The van der Waals surface area contributed by atoms with Crippen LogP contribution in [0.15, 0.2) is 179 Å². The van der Waals surface area contributed by atoms with Crippen molar-refractivity contribution < 1.29 is 93.5 Å². The summed E-state index contributed by atoms with van der Waals surface area (Å²) in [4.78, 5) is 56.8. The van der Waals surface area contributed by atoms with Gasteiger partial charge in [0, 0.05) is 115 Å². The minimum Gasteiger partial charge on any atom is -0.508 e. The number of fused-ring (bicyclic) bond motifs is 16. The van der Waals surface area contributed by atoms with E-state index in [-0.39, 0.29) is 111 Å². The molecule has 10 aromatic carbocycles. The number of rotatable bonds is 4. The molecule has 0 atom stereocenters. The first kappa shape index (κ1) is 75.8. The Balaban J connectivity index is 0.000000120. The molecule has 0 amide bonds. The van der Waals surface area contributed by atoms with Gasteiger partial charge in [-0.3, -0.25) is 0 Å². The Kier molecular flexibility index (Phi) is 19.2. The molecular formula is C86H68O23S4. The quantitative estimate of drug-likeness (QED) is 0.0575. The van der Waals surface area contributed by atoms with Crippen LogP contribution >= 0.6 is 47.0 Å². The number of phenolic OH excluding ortho intramolecular Hbond substituents is 13. The summed E-state index contributed by atoms with van der Waals surface area (Å²) in [6, 6.07) is 28.0. The lowest BCUT2D eigenvalue weighted by molar-refractivity contribution is 0.358. The molecule has 8 heterocycles. The molecule has 4 aliphatic rings. The first-order valence-corrected chi connectivity index (χ1v) is 38.2. The van der Waals surface area contributed by atoms with Crippen molar-refractivity contribution in [2.75, 3.05) is 0 Å². The SMILES string of the molecule is Cc1cc(O)c(O)c(Oc2cc(C)c3c4c(c(=O)oc3c2O)Cc2c(O)cc(C)cc2S4)c1.Cc1cc(O)c(Oc2cc(C)c3c4c(c(=O)oc3c2O)Cc2c(O)cc(C)cc2S4)c(O)c1.Cc1cc(O)c2c(c1)Sc1c(c(=O)oc3c(O)c(O)cc(C)c13)C2.Cc1cc(O)c2c(c1)Sc1c(c(=O)oc3cc(O)cc(C)c13)C2. The number of phenols is 13. The van der Waals surface area contributed by atoms with Crippen LogP contribution in [0.3, 0.4) is 0 Å². The van der Waals surface area contributed by atoms with Gasteiger partial charge in [0.05, 0.1) is 22.3 Å². The van der Waals surface area contributed by atoms with Crippen molar-refractivity contribution in [1.82, 2.24) is 0 Å². The number of benzene rings is 10. The average molecular weight is 1600 g/mol. The third-order valence-electron chi connectivity index (χ3n) is 19.7. The van der Waals surface area contributed by atoms with E-state index in [1.807, 2.05) is 58.9 Å². The molecule has 0 aliphatic carbocycles. The monoisotopic (exact) mass is 1600 g/mol. The summed E-state index contributed by atoms with van der Waals surface area (Å²) in [6.07, 6.45) is 1.05. The van der Waals surface area contributed by atoms with Crippen molar-refractivity contribution in [2.45, 2.75) is 134 Å². The highest BCUT2D eigenvalue weighted by Gasteiger charge is 2.34. The van der Waals surface area contributed by atoms with E-state index in [4.69, 9.17) is 27.1 Å². The first-order valence-electron chi connectivity index (χ1n) is 34.9. The predicted molar refractivity (Wildman–Crippen MR) is 425 cm³/mol. The topological polar surface area (TPSA) is 402 Å². The summed E-state index contributed by atoms with van der Waals surface area (Å²) < 4.78 is 33.0. The van der Waals surface area contributed by atoms with Crippen LogP contribution in [0.4, 0.5) is 0 Å². The predicted octanol–water partition coefficient (Wildman–Crippen LogP) is 18.2. The van der Waals surface area contributed by atoms with E-state index in [0.717, 1.165) is 63.2 Å². The fourth-order valence-electron chi connectivity index (χ4n) is 14.5. The maximum Gasteiger partial charge on any atom is 0.341 e. The summed E-state index contributed by atoms with van der Waals surface area (Å²) in [5, 5.41) is 135. The first-order chi connectivity index (χ1) is 53.6. The Morgan fingerprint density at radius 1 is 0.274 bits per heavy atom. The second kappa shape index (κ2) is 28.6. The van der Waals surface area contributed by atoms with Crippen LogP contribution in [0.25, 0.3) is 43.9 Å². The van der Waals surface area contributed by atoms with Crippen LogP contribution in [-0.2, 0) is 25.7 Å². The largest absolute Gasteiger partial charge is 0.508 e. The summed E-state index contributed by atoms with van der Waals surface area (Å²) in [5.41, 5.74) is 10.6. The number of aryl methyl sites for hydroxylation is 10. The Morgan fingerprint density at radius 2 is 0.566 bits per heavy atom. The highest BCUT2D eigenvalue weighted by molar-refractivity contribution is 8.00. The third-order valence-corrected chi connectivity index (χ3v) is 24.7. The van der Waals surface area contributed by atoms with Gasteiger partial charge in [0.15, 0.2) is 57.0 Å². The molecule has 4 aromatic heterocycles. The summed E-state index contributed by atoms with van der Waals surface area (Å²) in [5.74, 6) is -2.64. The molecule has 0 bridgehead atoms. The zero-order valence-electron chi connectivity index (χ0n) is 61.7. The van der Waals surface area contributed by atoms with Crippen LogP contribution in [0.1, 0.15) is 100 Å². The molecule has 574 valence electrons. The van der Waals surface area contributed by atoms with Crippen molar-refractivity contribution in [3.8, 4) is 97.7 Å². The summed E-state index contributed by atoms with van der Waals surface area (Å²) in [7, 11) is 0. The summed E-state index contributed by atoms with van der Waals surface area (Å²) in [6.45, 7) is 18.3. The lowest BCUT2D eigenvalue weighted by Crippen LogP contribution is -2.14. The fraction of sp³-hybridized carbons (Fsp3) is 0.163. The number of hydrogen-bond donors (Lipinski definition) is 13. The highest BCUT2D eigenvalue weighted by atomic mass is 32.2. The van der Waals surface area contributed by atoms with E-state index in [1.165, 1.54) is 83.4 Å². The van der Waals surface area contributed by atoms with Gasteiger partial charge in [-0.25, -0.2) is 19.2 Å². The normalized spacial score (nSPS) is 12.7. The van der Waals surface area contributed by atoms with Gasteiger partial charge in [0.25, 0.3) is 0 Å². The molecule has 13 N–H and O–H groups in total. The minimum absolute atomic E-state index is 0.0101. The molecule has 0 saturated heterocycles.